The number of nitrogens with zero attached hydrogens (tertiary/aromatic N) is 1. The SMILES string of the molecule is O=Cc1ccc(Oc2cccc3ncccc23)c(F)c1. The number of aromatic nitrogens is 1. The fourth-order valence-corrected chi connectivity index (χ4v) is 1.96. The van der Waals surface area contributed by atoms with E-state index in [1.807, 2.05) is 12.1 Å². The van der Waals surface area contributed by atoms with Gasteiger partial charge in [-0.05, 0) is 42.5 Å². The summed E-state index contributed by atoms with van der Waals surface area (Å²) in [6.45, 7) is 0. The monoisotopic (exact) mass is 267 g/mol. The van der Waals surface area contributed by atoms with Gasteiger partial charge in [0.25, 0.3) is 0 Å². The highest BCUT2D eigenvalue weighted by atomic mass is 19.1. The Bertz CT molecular complexity index is 781. The Balaban J connectivity index is 2.03. The molecule has 3 nitrogen and oxygen atoms in total. The molecule has 3 rings (SSSR count). The van der Waals surface area contributed by atoms with Crippen molar-refractivity contribution in [3.63, 3.8) is 0 Å². The lowest BCUT2D eigenvalue weighted by Gasteiger charge is -2.09. The highest BCUT2D eigenvalue weighted by molar-refractivity contribution is 5.85. The van der Waals surface area contributed by atoms with Gasteiger partial charge in [-0.3, -0.25) is 9.78 Å². The number of fused-ring (bicyclic) bond motifs is 1. The van der Waals surface area contributed by atoms with E-state index in [4.69, 9.17) is 4.74 Å². The van der Waals surface area contributed by atoms with Crippen molar-refractivity contribution in [2.45, 2.75) is 0 Å². The van der Waals surface area contributed by atoms with E-state index in [2.05, 4.69) is 4.98 Å². The molecular formula is C16H10FNO2. The second kappa shape index (κ2) is 5.09. The van der Waals surface area contributed by atoms with Crippen molar-refractivity contribution >= 4 is 17.2 Å². The third-order valence-electron chi connectivity index (χ3n) is 2.92. The van der Waals surface area contributed by atoms with Crippen LogP contribution in [0.5, 0.6) is 11.5 Å². The van der Waals surface area contributed by atoms with Gasteiger partial charge in [-0.25, -0.2) is 4.39 Å². The summed E-state index contributed by atoms with van der Waals surface area (Å²) in [6, 6.07) is 13.1. The molecule has 1 heterocycles. The average molecular weight is 267 g/mol. The molecule has 0 atom stereocenters. The van der Waals surface area contributed by atoms with E-state index < -0.39 is 5.82 Å². The van der Waals surface area contributed by atoms with Crippen molar-refractivity contribution in [2.75, 3.05) is 0 Å². The zero-order valence-corrected chi connectivity index (χ0v) is 10.4. The normalized spacial score (nSPS) is 10.4. The number of ether oxygens (including phenoxy) is 1. The van der Waals surface area contributed by atoms with Crippen molar-refractivity contribution < 1.29 is 13.9 Å². The Morgan fingerprint density at radius 2 is 1.95 bits per heavy atom. The van der Waals surface area contributed by atoms with Gasteiger partial charge in [0.2, 0.25) is 0 Å². The molecular weight excluding hydrogens is 257 g/mol. The van der Waals surface area contributed by atoms with E-state index in [1.54, 1.807) is 24.4 Å². The molecule has 0 spiro atoms. The molecule has 4 heteroatoms. The molecule has 1 aromatic heterocycles. The molecule has 0 fully saturated rings. The summed E-state index contributed by atoms with van der Waals surface area (Å²) in [5.41, 5.74) is 1.05. The van der Waals surface area contributed by atoms with Crippen LogP contribution in [-0.2, 0) is 0 Å². The lowest BCUT2D eigenvalue weighted by molar-refractivity contribution is 0.112. The van der Waals surface area contributed by atoms with Crippen LogP contribution >= 0.6 is 0 Å². The number of halogens is 1. The summed E-state index contributed by atoms with van der Waals surface area (Å²) in [4.78, 5) is 14.8. The molecule has 0 saturated carbocycles. The van der Waals surface area contributed by atoms with Gasteiger partial charge in [-0.1, -0.05) is 6.07 Å². The molecule has 3 aromatic rings. The number of pyridine rings is 1. The first-order valence-electron chi connectivity index (χ1n) is 6.04. The molecule has 0 aliphatic carbocycles. The fraction of sp³-hybridized carbons (Fsp3) is 0. The molecule has 0 aliphatic rings. The first kappa shape index (κ1) is 12.3. The summed E-state index contributed by atoms with van der Waals surface area (Å²) >= 11 is 0. The summed E-state index contributed by atoms with van der Waals surface area (Å²) < 4.78 is 19.4. The van der Waals surface area contributed by atoms with Crippen LogP contribution in [-0.4, -0.2) is 11.3 Å². The molecule has 0 amide bonds. The van der Waals surface area contributed by atoms with E-state index >= 15 is 0 Å². The number of carbonyl (C=O) groups is 1. The fourth-order valence-electron chi connectivity index (χ4n) is 1.96. The minimum Gasteiger partial charge on any atom is -0.454 e. The van der Waals surface area contributed by atoms with Crippen molar-refractivity contribution in [1.82, 2.24) is 4.98 Å². The van der Waals surface area contributed by atoms with Gasteiger partial charge in [0.05, 0.1) is 5.52 Å². The van der Waals surface area contributed by atoms with Gasteiger partial charge in [0, 0.05) is 17.1 Å². The zero-order valence-electron chi connectivity index (χ0n) is 10.4. The molecule has 0 saturated heterocycles. The standard InChI is InChI=1S/C16H10FNO2/c17-13-9-11(10-19)6-7-16(13)20-15-5-1-4-14-12(15)3-2-8-18-14/h1-10H. The van der Waals surface area contributed by atoms with Crippen LogP contribution in [0.4, 0.5) is 4.39 Å². The topological polar surface area (TPSA) is 39.2 Å². The minimum absolute atomic E-state index is 0.0759. The largest absolute Gasteiger partial charge is 0.454 e. The van der Waals surface area contributed by atoms with E-state index in [1.165, 1.54) is 12.1 Å². The highest BCUT2D eigenvalue weighted by Crippen LogP contribution is 2.30. The van der Waals surface area contributed by atoms with Gasteiger partial charge in [0.15, 0.2) is 11.6 Å². The molecule has 0 unspecified atom stereocenters. The summed E-state index contributed by atoms with van der Waals surface area (Å²) in [6.07, 6.45) is 2.28. The Morgan fingerprint density at radius 3 is 2.75 bits per heavy atom. The number of aldehydes is 1. The zero-order chi connectivity index (χ0) is 13.9. The maximum atomic E-state index is 13.8. The number of carbonyl (C=O) groups excluding carboxylic acids is 1. The summed E-state index contributed by atoms with van der Waals surface area (Å²) in [5.74, 6) is 0.0239. The van der Waals surface area contributed by atoms with Crippen LogP contribution in [0, 0.1) is 5.82 Å². The number of rotatable bonds is 3. The number of hydrogen-bond acceptors (Lipinski definition) is 3. The lowest BCUT2D eigenvalue weighted by Crippen LogP contribution is -1.91. The molecule has 0 radical (unpaired) electrons. The second-order valence-corrected chi connectivity index (χ2v) is 4.24. The summed E-state index contributed by atoms with van der Waals surface area (Å²) in [7, 11) is 0. The van der Waals surface area contributed by atoms with Gasteiger partial charge < -0.3 is 4.74 Å². The maximum absolute atomic E-state index is 13.8. The predicted molar refractivity (Wildman–Crippen MR) is 73.6 cm³/mol. The van der Waals surface area contributed by atoms with Crippen LogP contribution < -0.4 is 4.74 Å². The Labute approximate surface area is 114 Å². The van der Waals surface area contributed by atoms with Crippen molar-refractivity contribution in [3.8, 4) is 11.5 Å². The molecule has 0 aliphatic heterocycles. The Kier molecular flexibility index (Phi) is 3.13. The smallest absolute Gasteiger partial charge is 0.166 e. The quantitative estimate of drug-likeness (QED) is 0.674. The number of hydrogen-bond donors (Lipinski definition) is 0. The molecule has 98 valence electrons. The third-order valence-corrected chi connectivity index (χ3v) is 2.92. The van der Waals surface area contributed by atoms with Gasteiger partial charge >= 0.3 is 0 Å². The van der Waals surface area contributed by atoms with Crippen LogP contribution in [0.15, 0.2) is 54.7 Å². The van der Waals surface area contributed by atoms with Gasteiger partial charge in [0.1, 0.15) is 12.0 Å². The molecule has 0 N–H and O–H groups in total. The van der Waals surface area contributed by atoms with Gasteiger partial charge in [-0.15, -0.1) is 0 Å². The third kappa shape index (κ3) is 2.23. The molecule has 0 bridgehead atoms. The van der Waals surface area contributed by atoms with Crippen LogP contribution in [0.25, 0.3) is 10.9 Å². The van der Waals surface area contributed by atoms with Crippen molar-refractivity contribution in [3.05, 3.63) is 66.1 Å². The molecule has 20 heavy (non-hydrogen) atoms. The Hall–Kier alpha value is -2.75. The van der Waals surface area contributed by atoms with E-state index in [9.17, 15) is 9.18 Å². The second-order valence-electron chi connectivity index (χ2n) is 4.24. The van der Waals surface area contributed by atoms with Gasteiger partial charge in [-0.2, -0.15) is 0 Å². The van der Waals surface area contributed by atoms with Crippen molar-refractivity contribution in [1.29, 1.82) is 0 Å². The maximum Gasteiger partial charge on any atom is 0.166 e. The van der Waals surface area contributed by atoms with E-state index in [-0.39, 0.29) is 11.3 Å². The van der Waals surface area contributed by atoms with E-state index in [0.29, 0.717) is 12.0 Å². The Morgan fingerprint density at radius 1 is 1.05 bits per heavy atom. The number of benzene rings is 2. The minimum atomic E-state index is -0.574. The van der Waals surface area contributed by atoms with Crippen molar-refractivity contribution in [2.24, 2.45) is 0 Å². The predicted octanol–water partition coefficient (Wildman–Crippen LogP) is 3.98. The lowest BCUT2D eigenvalue weighted by atomic mass is 10.2. The highest BCUT2D eigenvalue weighted by Gasteiger charge is 2.08. The first-order valence-corrected chi connectivity index (χ1v) is 6.04. The average Bonchev–Trinajstić information content (AvgIpc) is 2.49. The molecule has 2 aromatic carbocycles. The first-order chi connectivity index (χ1) is 9.78. The summed E-state index contributed by atoms with van der Waals surface area (Å²) in [5, 5.41) is 0.800. The van der Waals surface area contributed by atoms with Crippen LogP contribution in [0.2, 0.25) is 0 Å². The van der Waals surface area contributed by atoms with Crippen LogP contribution in [0.3, 0.4) is 0 Å². The van der Waals surface area contributed by atoms with E-state index in [0.717, 1.165) is 17.0 Å². The van der Waals surface area contributed by atoms with Crippen LogP contribution in [0.1, 0.15) is 10.4 Å².